The molecule has 1 aliphatic rings. The predicted octanol–water partition coefficient (Wildman–Crippen LogP) is 0.516. The number of aromatic amines is 1. The SMILES string of the molecule is CCOC(=O)C1CCCCN1S(=O)(=O)c1cnc[nH]1. The third kappa shape index (κ3) is 2.79. The van der Waals surface area contributed by atoms with E-state index in [9.17, 15) is 13.2 Å². The molecule has 1 unspecified atom stereocenters. The molecular formula is C11H17N3O4S. The molecule has 1 saturated heterocycles. The number of hydrogen-bond donors (Lipinski definition) is 1. The van der Waals surface area contributed by atoms with Crippen LogP contribution in [0, 0.1) is 0 Å². The van der Waals surface area contributed by atoms with E-state index < -0.39 is 22.0 Å². The van der Waals surface area contributed by atoms with Crippen LogP contribution in [0.3, 0.4) is 0 Å². The lowest BCUT2D eigenvalue weighted by Crippen LogP contribution is -2.48. The van der Waals surface area contributed by atoms with Gasteiger partial charge in [0.1, 0.15) is 6.04 Å². The van der Waals surface area contributed by atoms with Gasteiger partial charge in [0.25, 0.3) is 10.0 Å². The zero-order valence-electron chi connectivity index (χ0n) is 10.7. The molecule has 1 aliphatic heterocycles. The molecule has 0 amide bonds. The van der Waals surface area contributed by atoms with Crippen molar-refractivity contribution in [1.82, 2.24) is 14.3 Å². The van der Waals surface area contributed by atoms with Crippen LogP contribution in [0.5, 0.6) is 0 Å². The molecule has 1 atom stereocenters. The van der Waals surface area contributed by atoms with Gasteiger partial charge in [0.2, 0.25) is 0 Å². The second-order valence-corrected chi connectivity index (χ2v) is 6.15. The number of sulfonamides is 1. The van der Waals surface area contributed by atoms with Gasteiger partial charge in [0.15, 0.2) is 5.03 Å². The average Bonchev–Trinajstić information content (AvgIpc) is 2.93. The quantitative estimate of drug-likeness (QED) is 0.815. The maximum Gasteiger partial charge on any atom is 0.324 e. The highest BCUT2D eigenvalue weighted by Crippen LogP contribution is 2.24. The van der Waals surface area contributed by atoms with E-state index >= 15 is 0 Å². The highest BCUT2D eigenvalue weighted by atomic mass is 32.2. The molecule has 2 rings (SSSR count). The molecule has 0 saturated carbocycles. The highest BCUT2D eigenvalue weighted by molar-refractivity contribution is 7.89. The maximum atomic E-state index is 12.4. The van der Waals surface area contributed by atoms with Crippen LogP contribution >= 0.6 is 0 Å². The van der Waals surface area contributed by atoms with E-state index in [-0.39, 0.29) is 11.6 Å². The molecular weight excluding hydrogens is 270 g/mol. The van der Waals surface area contributed by atoms with Crippen molar-refractivity contribution in [3.63, 3.8) is 0 Å². The van der Waals surface area contributed by atoms with Gasteiger partial charge in [-0.3, -0.25) is 4.79 Å². The van der Waals surface area contributed by atoms with Crippen LogP contribution in [-0.2, 0) is 19.6 Å². The van der Waals surface area contributed by atoms with E-state index in [0.717, 1.165) is 12.8 Å². The second kappa shape index (κ2) is 5.70. The molecule has 1 N–H and O–H groups in total. The number of imidazole rings is 1. The van der Waals surface area contributed by atoms with Crippen molar-refractivity contribution >= 4 is 16.0 Å². The summed E-state index contributed by atoms with van der Waals surface area (Å²) in [6.45, 7) is 2.27. The van der Waals surface area contributed by atoms with Crippen LogP contribution in [0.15, 0.2) is 17.6 Å². The lowest BCUT2D eigenvalue weighted by atomic mass is 10.1. The molecule has 0 aromatic carbocycles. The Morgan fingerprint density at radius 3 is 3.00 bits per heavy atom. The number of carbonyl (C=O) groups excluding carboxylic acids is 1. The van der Waals surface area contributed by atoms with Gasteiger partial charge in [-0.15, -0.1) is 0 Å². The Morgan fingerprint density at radius 1 is 1.58 bits per heavy atom. The molecule has 0 aliphatic carbocycles. The maximum absolute atomic E-state index is 12.4. The van der Waals surface area contributed by atoms with Gasteiger partial charge in [-0.1, -0.05) is 0 Å². The number of piperidine rings is 1. The van der Waals surface area contributed by atoms with Gasteiger partial charge in [0, 0.05) is 6.54 Å². The Bertz CT molecular complexity index is 526. The summed E-state index contributed by atoms with van der Waals surface area (Å²) in [5.74, 6) is -0.481. The molecule has 1 aromatic heterocycles. The standard InChI is InChI=1S/C11H17N3O4S/c1-2-18-11(15)9-5-3-4-6-14(9)19(16,17)10-7-12-8-13-10/h7-9H,2-6H2,1H3,(H,12,13). The second-order valence-electron chi connectivity index (χ2n) is 4.30. The fraction of sp³-hybridized carbons (Fsp3) is 0.636. The number of esters is 1. The van der Waals surface area contributed by atoms with E-state index in [1.54, 1.807) is 6.92 Å². The van der Waals surface area contributed by atoms with Crippen molar-refractivity contribution in [3.05, 3.63) is 12.5 Å². The van der Waals surface area contributed by atoms with Gasteiger partial charge in [-0.25, -0.2) is 13.4 Å². The van der Waals surface area contributed by atoms with Crippen molar-refractivity contribution < 1.29 is 17.9 Å². The number of aromatic nitrogens is 2. The highest BCUT2D eigenvalue weighted by Gasteiger charge is 2.39. The van der Waals surface area contributed by atoms with Crippen LogP contribution in [0.4, 0.5) is 0 Å². The van der Waals surface area contributed by atoms with Crippen LogP contribution < -0.4 is 0 Å². The van der Waals surface area contributed by atoms with E-state index in [1.807, 2.05) is 0 Å². The lowest BCUT2D eigenvalue weighted by molar-refractivity contribution is -0.148. The molecule has 2 heterocycles. The first kappa shape index (κ1) is 14.0. The first-order valence-corrected chi connectivity index (χ1v) is 7.68. The smallest absolute Gasteiger partial charge is 0.324 e. The number of ether oxygens (including phenoxy) is 1. The third-order valence-electron chi connectivity index (χ3n) is 3.07. The Hall–Kier alpha value is -1.41. The summed E-state index contributed by atoms with van der Waals surface area (Å²) in [6.07, 6.45) is 4.59. The first-order chi connectivity index (χ1) is 9.07. The summed E-state index contributed by atoms with van der Waals surface area (Å²) in [7, 11) is -3.72. The van der Waals surface area contributed by atoms with Crippen LogP contribution in [-0.4, -0.2) is 47.9 Å². The number of nitrogens with zero attached hydrogens (tertiary/aromatic N) is 2. The van der Waals surface area contributed by atoms with Crippen molar-refractivity contribution in [2.75, 3.05) is 13.2 Å². The Kier molecular flexibility index (Phi) is 4.20. The van der Waals surface area contributed by atoms with E-state index in [2.05, 4.69) is 9.97 Å². The zero-order valence-corrected chi connectivity index (χ0v) is 11.5. The third-order valence-corrected chi connectivity index (χ3v) is 4.91. The van der Waals surface area contributed by atoms with E-state index in [4.69, 9.17) is 4.74 Å². The summed E-state index contributed by atoms with van der Waals surface area (Å²) in [5.41, 5.74) is 0. The van der Waals surface area contributed by atoms with Gasteiger partial charge in [-0.05, 0) is 26.2 Å². The Morgan fingerprint density at radius 2 is 2.37 bits per heavy atom. The number of rotatable bonds is 4. The van der Waals surface area contributed by atoms with Gasteiger partial charge in [0.05, 0.1) is 19.1 Å². The summed E-state index contributed by atoms with van der Waals surface area (Å²) in [6, 6.07) is -0.734. The molecule has 0 spiro atoms. The lowest BCUT2D eigenvalue weighted by Gasteiger charge is -2.32. The van der Waals surface area contributed by atoms with Gasteiger partial charge in [-0.2, -0.15) is 4.31 Å². The molecule has 0 radical (unpaired) electrons. The largest absolute Gasteiger partial charge is 0.465 e. The van der Waals surface area contributed by atoms with Crippen molar-refractivity contribution in [2.24, 2.45) is 0 Å². The Labute approximate surface area is 112 Å². The molecule has 7 nitrogen and oxygen atoms in total. The average molecular weight is 287 g/mol. The zero-order chi connectivity index (χ0) is 13.9. The molecule has 19 heavy (non-hydrogen) atoms. The normalized spacial score (nSPS) is 21.2. The summed E-state index contributed by atoms with van der Waals surface area (Å²) >= 11 is 0. The van der Waals surface area contributed by atoms with Crippen molar-refractivity contribution in [3.8, 4) is 0 Å². The molecule has 1 fully saturated rings. The minimum absolute atomic E-state index is 0.00342. The van der Waals surface area contributed by atoms with Gasteiger partial charge < -0.3 is 9.72 Å². The predicted molar refractivity (Wildman–Crippen MR) is 66.8 cm³/mol. The monoisotopic (exact) mass is 287 g/mol. The van der Waals surface area contributed by atoms with Crippen LogP contribution in [0.1, 0.15) is 26.2 Å². The summed E-state index contributed by atoms with van der Waals surface area (Å²) in [4.78, 5) is 18.2. The van der Waals surface area contributed by atoms with Crippen molar-refractivity contribution in [2.45, 2.75) is 37.3 Å². The first-order valence-electron chi connectivity index (χ1n) is 6.24. The van der Waals surface area contributed by atoms with E-state index in [1.165, 1.54) is 16.8 Å². The minimum atomic E-state index is -3.72. The van der Waals surface area contributed by atoms with Crippen LogP contribution in [0.25, 0.3) is 0 Å². The number of H-pyrrole nitrogens is 1. The minimum Gasteiger partial charge on any atom is -0.465 e. The number of nitrogens with one attached hydrogen (secondary N) is 1. The molecule has 1 aromatic rings. The number of hydrogen-bond acceptors (Lipinski definition) is 5. The van der Waals surface area contributed by atoms with Gasteiger partial charge >= 0.3 is 5.97 Å². The molecule has 0 bridgehead atoms. The van der Waals surface area contributed by atoms with Crippen molar-refractivity contribution in [1.29, 1.82) is 0 Å². The topological polar surface area (TPSA) is 92.4 Å². The molecule has 8 heteroatoms. The Balaban J connectivity index is 2.27. The molecule has 106 valence electrons. The fourth-order valence-corrected chi connectivity index (χ4v) is 3.72. The summed E-state index contributed by atoms with van der Waals surface area (Å²) < 4.78 is 31.0. The van der Waals surface area contributed by atoms with E-state index in [0.29, 0.717) is 13.0 Å². The van der Waals surface area contributed by atoms with Crippen LogP contribution in [0.2, 0.25) is 0 Å². The fourth-order valence-electron chi connectivity index (χ4n) is 2.18. The number of carbonyl (C=O) groups is 1. The summed E-state index contributed by atoms with van der Waals surface area (Å²) in [5, 5.41) is 0.00342.